The molecule has 0 radical (unpaired) electrons. The van der Waals surface area contributed by atoms with Crippen molar-refractivity contribution in [3.8, 4) is 5.75 Å². The van der Waals surface area contributed by atoms with Gasteiger partial charge >= 0.3 is 0 Å². The predicted octanol–water partition coefficient (Wildman–Crippen LogP) is 2.56. The van der Waals surface area contributed by atoms with Crippen LogP contribution in [0.4, 0.5) is 5.82 Å². The summed E-state index contributed by atoms with van der Waals surface area (Å²) >= 11 is 0. The van der Waals surface area contributed by atoms with E-state index in [9.17, 15) is 4.79 Å². The fourth-order valence-corrected chi connectivity index (χ4v) is 3.64. The van der Waals surface area contributed by atoms with E-state index in [4.69, 9.17) is 4.74 Å². The van der Waals surface area contributed by atoms with Crippen LogP contribution in [0.5, 0.6) is 5.75 Å². The number of nitrogens with zero attached hydrogens (tertiary/aromatic N) is 5. The molecule has 4 rings (SSSR count). The van der Waals surface area contributed by atoms with Gasteiger partial charge in [-0.3, -0.25) is 9.78 Å². The van der Waals surface area contributed by atoms with Gasteiger partial charge in [0.15, 0.2) is 0 Å². The van der Waals surface area contributed by atoms with Crippen LogP contribution < -0.4 is 9.64 Å². The molecule has 0 spiro atoms. The maximum absolute atomic E-state index is 12.9. The Labute approximate surface area is 170 Å². The van der Waals surface area contributed by atoms with Crippen molar-refractivity contribution in [2.75, 3.05) is 38.2 Å². The maximum Gasteiger partial charge on any atom is 0.225 e. The van der Waals surface area contributed by atoms with Crippen molar-refractivity contribution in [1.29, 1.82) is 0 Å². The van der Waals surface area contributed by atoms with E-state index in [1.54, 1.807) is 19.5 Å². The summed E-state index contributed by atoms with van der Waals surface area (Å²) in [7, 11) is 1.63. The first-order valence-electron chi connectivity index (χ1n) is 9.88. The molecule has 0 aliphatic carbocycles. The average Bonchev–Trinajstić information content (AvgIpc) is 2.78. The zero-order valence-corrected chi connectivity index (χ0v) is 16.8. The Morgan fingerprint density at radius 3 is 2.48 bits per heavy atom. The Bertz CT molecular complexity index is 984. The average molecular weight is 391 g/mol. The van der Waals surface area contributed by atoms with Crippen molar-refractivity contribution in [3.05, 3.63) is 54.5 Å². The Balaban J connectivity index is 1.34. The van der Waals surface area contributed by atoms with Gasteiger partial charge in [0.2, 0.25) is 5.91 Å². The molecule has 1 saturated heterocycles. The summed E-state index contributed by atoms with van der Waals surface area (Å²) < 4.78 is 5.16. The first-order valence-corrected chi connectivity index (χ1v) is 9.88. The molecule has 0 N–H and O–H groups in total. The number of aromatic nitrogens is 3. The smallest absolute Gasteiger partial charge is 0.225 e. The summed E-state index contributed by atoms with van der Waals surface area (Å²) in [5.41, 5.74) is 2.59. The fourth-order valence-electron chi connectivity index (χ4n) is 3.64. The van der Waals surface area contributed by atoms with Gasteiger partial charge in [-0.1, -0.05) is 19.1 Å². The molecule has 0 bridgehead atoms. The highest BCUT2D eigenvalue weighted by molar-refractivity contribution is 5.79. The number of fused-ring (bicyclic) bond motifs is 1. The third-order valence-electron chi connectivity index (χ3n) is 5.31. The molecule has 1 atom stereocenters. The first kappa shape index (κ1) is 19.1. The van der Waals surface area contributed by atoms with Crippen LogP contribution in [0.25, 0.3) is 11.0 Å². The minimum Gasteiger partial charge on any atom is -0.495 e. The van der Waals surface area contributed by atoms with Gasteiger partial charge in [-0.2, -0.15) is 0 Å². The van der Waals surface area contributed by atoms with Gasteiger partial charge in [-0.25, -0.2) is 9.97 Å². The van der Waals surface area contributed by atoms with E-state index in [2.05, 4.69) is 19.9 Å². The number of hydrogen-bond donors (Lipinski definition) is 0. The molecule has 1 amide bonds. The Kier molecular flexibility index (Phi) is 5.55. The number of pyridine rings is 1. The SMILES string of the molecule is COc1ccc(N2CCN(C(=O)C(C)Cc3cnc4ccccc4n3)CC2)nc1. The normalized spacial score (nSPS) is 15.4. The van der Waals surface area contributed by atoms with Crippen LogP contribution in [-0.4, -0.2) is 59.0 Å². The van der Waals surface area contributed by atoms with E-state index in [1.165, 1.54) is 0 Å². The highest BCUT2D eigenvalue weighted by atomic mass is 16.5. The van der Waals surface area contributed by atoms with Crippen molar-refractivity contribution >= 4 is 22.8 Å². The maximum atomic E-state index is 12.9. The minimum absolute atomic E-state index is 0.129. The second kappa shape index (κ2) is 8.43. The molecule has 1 unspecified atom stereocenters. The van der Waals surface area contributed by atoms with Gasteiger partial charge in [0.05, 0.1) is 30.0 Å². The number of methoxy groups -OCH3 is 1. The lowest BCUT2D eigenvalue weighted by atomic mass is 10.0. The van der Waals surface area contributed by atoms with E-state index < -0.39 is 0 Å². The molecule has 3 heterocycles. The van der Waals surface area contributed by atoms with Gasteiger partial charge in [0, 0.05) is 44.7 Å². The third-order valence-corrected chi connectivity index (χ3v) is 5.31. The summed E-state index contributed by atoms with van der Waals surface area (Å²) in [4.78, 5) is 30.6. The molecule has 2 aromatic heterocycles. The zero-order chi connectivity index (χ0) is 20.2. The summed E-state index contributed by atoms with van der Waals surface area (Å²) in [6, 6.07) is 11.7. The second-order valence-corrected chi connectivity index (χ2v) is 7.32. The monoisotopic (exact) mass is 391 g/mol. The van der Waals surface area contributed by atoms with Crippen LogP contribution in [0.1, 0.15) is 12.6 Å². The number of carbonyl (C=O) groups is 1. The number of para-hydroxylation sites is 2. The van der Waals surface area contributed by atoms with Gasteiger partial charge in [0.25, 0.3) is 0 Å². The number of benzene rings is 1. The number of rotatable bonds is 5. The molecule has 1 aromatic carbocycles. The lowest BCUT2D eigenvalue weighted by Gasteiger charge is -2.36. The van der Waals surface area contributed by atoms with Crippen LogP contribution in [0.2, 0.25) is 0 Å². The molecule has 7 nitrogen and oxygen atoms in total. The summed E-state index contributed by atoms with van der Waals surface area (Å²) in [6.45, 7) is 4.90. The van der Waals surface area contributed by atoms with Gasteiger partial charge in [0.1, 0.15) is 11.6 Å². The molecular weight excluding hydrogens is 366 g/mol. The quantitative estimate of drug-likeness (QED) is 0.666. The summed E-state index contributed by atoms with van der Waals surface area (Å²) in [5.74, 6) is 1.70. The van der Waals surface area contributed by atoms with Crippen LogP contribution in [-0.2, 0) is 11.2 Å². The molecule has 7 heteroatoms. The van der Waals surface area contributed by atoms with Crippen LogP contribution in [0.15, 0.2) is 48.8 Å². The van der Waals surface area contributed by atoms with Crippen molar-refractivity contribution < 1.29 is 9.53 Å². The van der Waals surface area contributed by atoms with E-state index in [0.29, 0.717) is 19.5 Å². The van der Waals surface area contributed by atoms with Crippen LogP contribution in [0, 0.1) is 5.92 Å². The molecule has 150 valence electrons. The number of ether oxygens (including phenoxy) is 1. The van der Waals surface area contributed by atoms with Crippen molar-refractivity contribution in [3.63, 3.8) is 0 Å². The van der Waals surface area contributed by atoms with Crippen LogP contribution >= 0.6 is 0 Å². The predicted molar refractivity (Wildman–Crippen MR) is 112 cm³/mol. The van der Waals surface area contributed by atoms with Crippen molar-refractivity contribution in [1.82, 2.24) is 19.9 Å². The molecule has 29 heavy (non-hydrogen) atoms. The topological polar surface area (TPSA) is 71.5 Å². The molecule has 3 aromatic rings. The van der Waals surface area contributed by atoms with Crippen LogP contribution in [0.3, 0.4) is 0 Å². The molecule has 1 aliphatic heterocycles. The molecular formula is C22H25N5O2. The second-order valence-electron chi connectivity index (χ2n) is 7.32. The first-order chi connectivity index (χ1) is 14.1. The fraction of sp³-hybridized carbons (Fsp3) is 0.364. The Morgan fingerprint density at radius 2 is 1.79 bits per heavy atom. The number of hydrogen-bond acceptors (Lipinski definition) is 6. The van der Waals surface area contributed by atoms with Crippen molar-refractivity contribution in [2.45, 2.75) is 13.3 Å². The van der Waals surface area contributed by atoms with E-state index >= 15 is 0 Å². The standard InChI is InChI=1S/C22H25N5O2/c1-16(13-17-14-23-19-5-3-4-6-20(19)25-17)22(28)27-11-9-26(10-12-27)21-8-7-18(29-2)15-24-21/h3-8,14-16H,9-13H2,1-2H3. The number of anilines is 1. The highest BCUT2D eigenvalue weighted by Gasteiger charge is 2.26. The molecule has 1 fully saturated rings. The van der Waals surface area contributed by atoms with E-state index in [1.807, 2.05) is 48.2 Å². The lowest BCUT2D eigenvalue weighted by molar-refractivity contribution is -0.135. The molecule has 1 aliphatic rings. The Morgan fingerprint density at radius 1 is 1.03 bits per heavy atom. The summed E-state index contributed by atoms with van der Waals surface area (Å²) in [6.07, 6.45) is 4.09. The third kappa shape index (κ3) is 4.29. The zero-order valence-electron chi connectivity index (χ0n) is 16.8. The van der Waals surface area contributed by atoms with Crippen molar-refractivity contribution in [2.24, 2.45) is 5.92 Å². The summed E-state index contributed by atoms with van der Waals surface area (Å²) in [5, 5.41) is 0. The Hall–Kier alpha value is -3.22. The lowest BCUT2D eigenvalue weighted by Crippen LogP contribution is -2.50. The highest BCUT2D eigenvalue weighted by Crippen LogP contribution is 2.19. The van der Waals surface area contributed by atoms with Gasteiger partial charge < -0.3 is 14.5 Å². The number of carbonyl (C=O) groups excluding carboxylic acids is 1. The van der Waals surface area contributed by atoms with Gasteiger partial charge in [-0.15, -0.1) is 0 Å². The molecule has 0 saturated carbocycles. The van der Waals surface area contributed by atoms with E-state index in [0.717, 1.165) is 41.4 Å². The largest absolute Gasteiger partial charge is 0.495 e. The minimum atomic E-state index is -0.129. The van der Waals surface area contributed by atoms with E-state index in [-0.39, 0.29) is 11.8 Å². The number of piperazine rings is 1. The van der Waals surface area contributed by atoms with Gasteiger partial charge in [-0.05, 0) is 24.3 Å². The number of amides is 1.